The normalized spacial score (nSPS) is 20.0. The molecular weight excluding hydrogens is 464 g/mol. The maximum absolute atomic E-state index is 14.9. The first-order valence-corrected chi connectivity index (χ1v) is 11.9. The Bertz CT molecular complexity index is 1520. The van der Waals surface area contributed by atoms with E-state index < -0.39 is 11.6 Å². The molecule has 0 radical (unpaired) electrons. The summed E-state index contributed by atoms with van der Waals surface area (Å²) in [5.74, 6) is -1.06. The van der Waals surface area contributed by atoms with E-state index in [-0.39, 0.29) is 23.5 Å². The highest BCUT2D eigenvalue weighted by atomic mass is 19.1. The molecule has 1 aliphatic carbocycles. The number of nitrogens with zero attached hydrogens (tertiary/aromatic N) is 7. The minimum atomic E-state index is -0.749. The van der Waals surface area contributed by atoms with Crippen molar-refractivity contribution in [3.63, 3.8) is 0 Å². The lowest BCUT2D eigenvalue weighted by Crippen LogP contribution is -2.43. The lowest BCUT2D eigenvalue weighted by molar-refractivity contribution is -0.0178. The van der Waals surface area contributed by atoms with Gasteiger partial charge in [0.15, 0.2) is 5.65 Å². The Labute approximate surface area is 206 Å². The second-order valence-corrected chi connectivity index (χ2v) is 9.43. The fraction of sp³-hybridized carbons (Fsp3) is 0.346. The van der Waals surface area contributed by atoms with Gasteiger partial charge in [-0.05, 0) is 44.9 Å². The molecule has 0 amide bonds. The quantitative estimate of drug-likeness (QED) is 0.414. The summed E-state index contributed by atoms with van der Waals surface area (Å²) in [4.78, 5) is 15.9. The third-order valence-corrected chi connectivity index (χ3v) is 6.63. The first-order valence-electron chi connectivity index (χ1n) is 11.9. The van der Waals surface area contributed by atoms with Crippen molar-refractivity contribution in [1.29, 1.82) is 5.26 Å². The number of aromatic nitrogens is 5. The summed E-state index contributed by atoms with van der Waals surface area (Å²) in [5, 5.41) is 14.4. The van der Waals surface area contributed by atoms with Gasteiger partial charge in [0.2, 0.25) is 5.95 Å². The Balaban J connectivity index is 1.45. The monoisotopic (exact) mass is 487 g/mol. The molecule has 1 aliphatic heterocycles. The number of anilines is 1. The number of rotatable bonds is 4. The van der Waals surface area contributed by atoms with E-state index in [2.05, 4.69) is 16.2 Å². The van der Waals surface area contributed by atoms with E-state index in [1.165, 1.54) is 12.1 Å². The van der Waals surface area contributed by atoms with Crippen molar-refractivity contribution in [2.45, 2.75) is 44.9 Å². The molecule has 0 bridgehead atoms. The van der Waals surface area contributed by atoms with E-state index in [0.717, 1.165) is 24.5 Å². The minimum absolute atomic E-state index is 0.114. The van der Waals surface area contributed by atoms with Crippen LogP contribution in [0.4, 0.5) is 14.7 Å². The summed E-state index contributed by atoms with van der Waals surface area (Å²) in [7, 11) is 0. The van der Waals surface area contributed by atoms with Crippen molar-refractivity contribution in [2.24, 2.45) is 0 Å². The van der Waals surface area contributed by atoms with E-state index in [0.29, 0.717) is 47.4 Å². The molecule has 4 heterocycles. The summed E-state index contributed by atoms with van der Waals surface area (Å²) in [5.41, 5.74) is 2.55. The fourth-order valence-electron chi connectivity index (χ4n) is 4.63. The van der Waals surface area contributed by atoms with Crippen molar-refractivity contribution in [3.8, 4) is 17.3 Å². The number of nitriles is 1. The number of aryl methyl sites for hydroxylation is 1. The standard InChI is InChI=1S/C26H23F2N7O/c1-14-11-34(13-23(36-14)17-10-30-35(12-17)19-4-5-19)26-32-24(20-6-3-18(27)8-22(20)28)21-7-16(9-29)15(2)31-25(21)33-26/h3,6-8,10,12,14,19,23H,4-5,11,13H2,1-2H3/t14-,23-/m1/s1. The molecule has 4 aromatic rings. The van der Waals surface area contributed by atoms with Crippen LogP contribution in [-0.4, -0.2) is 43.9 Å². The molecule has 182 valence electrons. The molecule has 2 aliphatic rings. The second kappa shape index (κ2) is 8.60. The van der Waals surface area contributed by atoms with Crippen LogP contribution in [0.5, 0.6) is 0 Å². The topological polar surface area (TPSA) is 92.8 Å². The van der Waals surface area contributed by atoms with Crippen LogP contribution in [0.2, 0.25) is 0 Å². The highest BCUT2D eigenvalue weighted by Gasteiger charge is 2.31. The first kappa shape index (κ1) is 22.5. The highest BCUT2D eigenvalue weighted by Crippen LogP contribution is 2.36. The maximum atomic E-state index is 14.9. The Kier molecular flexibility index (Phi) is 5.38. The summed E-state index contributed by atoms with van der Waals surface area (Å²) in [6, 6.07) is 7.54. The Morgan fingerprint density at radius 2 is 1.94 bits per heavy atom. The molecule has 8 nitrogen and oxygen atoms in total. The summed E-state index contributed by atoms with van der Waals surface area (Å²) in [6.45, 7) is 4.71. The number of benzene rings is 1. The van der Waals surface area contributed by atoms with Crippen LogP contribution >= 0.6 is 0 Å². The number of ether oxygens (including phenoxy) is 1. The lowest BCUT2D eigenvalue weighted by atomic mass is 10.1. The number of hydrogen-bond donors (Lipinski definition) is 0. The molecule has 36 heavy (non-hydrogen) atoms. The molecule has 1 aromatic carbocycles. The summed E-state index contributed by atoms with van der Waals surface area (Å²) >= 11 is 0. The predicted octanol–water partition coefficient (Wildman–Crippen LogP) is 4.65. The van der Waals surface area contributed by atoms with Crippen molar-refractivity contribution in [3.05, 3.63) is 65.1 Å². The van der Waals surface area contributed by atoms with E-state index in [1.54, 1.807) is 13.0 Å². The zero-order valence-corrected chi connectivity index (χ0v) is 19.8. The van der Waals surface area contributed by atoms with Crippen molar-refractivity contribution >= 4 is 17.0 Å². The molecule has 3 aromatic heterocycles. The van der Waals surface area contributed by atoms with Gasteiger partial charge in [0, 0.05) is 35.3 Å². The average molecular weight is 488 g/mol. The molecular formula is C26H23F2N7O. The van der Waals surface area contributed by atoms with Gasteiger partial charge in [-0.1, -0.05) is 0 Å². The molecule has 1 saturated heterocycles. The van der Waals surface area contributed by atoms with Gasteiger partial charge in [0.1, 0.15) is 23.8 Å². The predicted molar refractivity (Wildman–Crippen MR) is 128 cm³/mol. The van der Waals surface area contributed by atoms with Crippen LogP contribution in [0.1, 0.15) is 48.7 Å². The first-order chi connectivity index (χ1) is 17.4. The molecule has 0 spiro atoms. The SMILES string of the molecule is Cc1nc2nc(N3C[C@@H](C)O[C@@H](c4cnn(C5CC5)c4)C3)nc(-c3ccc(F)cc3F)c2cc1C#N. The zero-order valence-electron chi connectivity index (χ0n) is 19.8. The number of fused-ring (bicyclic) bond motifs is 1. The van der Waals surface area contributed by atoms with Gasteiger partial charge < -0.3 is 9.64 Å². The smallest absolute Gasteiger partial charge is 0.228 e. The number of pyridine rings is 1. The van der Waals surface area contributed by atoms with E-state index in [4.69, 9.17) is 14.7 Å². The Hall–Kier alpha value is -3.97. The van der Waals surface area contributed by atoms with Crippen LogP contribution in [0.15, 0.2) is 36.7 Å². The summed E-state index contributed by atoms with van der Waals surface area (Å²) < 4.78 is 36.8. The van der Waals surface area contributed by atoms with Gasteiger partial charge in [-0.2, -0.15) is 15.3 Å². The average Bonchev–Trinajstić information content (AvgIpc) is 3.59. The van der Waals surface area contributed by atoms with Crippen molar-refractivity contribution in [2.75, 3.05) is 18.0 Å². The fourth-order valence-corrected chi connectivity index (χ4v) is 4.63. The van der Waals surface area contributed by atoms with Crippen LogP contribution in [0, 0.1) is 29.9 Å². The molecule has 10 heteroatoms. The van der Waals surface area contributed by atoms with Crippen LogP contribution < -0.4 is 4.90 Å². The number of hydrogen-bond acceptors (Lipinski definition) is 7. The van der Waals surface area contributed by atoms with E-state index in [1.807, 2.05) is 28.9 Å². The highest BCUT2D eigenvalue weighted by molar-refractivity contribution is 5.92. The second-order valence-electron chi connectivity index (χ2n) is 9.43. The van der Waals surface area contributed by atoms with Crippen LogP contribution in [0.3, 0.4) is 0 Å². The third kappa shape index (κ3) is 4.05. The van der Waals surface area contributed by atoms with Crippen molar-refractivity contribution < 1.29 is 13.5 Å². The molecule has 1 saturated carbocycles. The molecule has 0 unspecified atom stereocenters. The van der Waals surface area contributed by atoms with Crippen molar-refractivity contribution in [1.82, 2.24) is 24.7 Å². The van der Waals surface area contributed by atoms with Gasteiger partial charge in [0.05, 0.1) is 41.8 Å². The summed E-state index contributed by atoms with van der Waals surface area (Å²) in [6.07, 6.45) is 5.81. The van der Waals surface area contributed by atoms with Gasteiger partial charge in [-0.25, -0.2) is 18.7 Å². The van der Waals surface area contributed by atoms with Gasteiger partial charge in [-0.15, -0.1) is 0 Å². The van der Waals surface area contributed by atoms with E-state index in [9.17, 15) is 14.0 Å². The molecule has 2 atom stereocenters. The lowest BCUT2D eigenvalue weighted by Gasteiger charge is -2.36. The van der Waals surface area contributed by atoms with Gasteiger partial charge >= 0.3 is 0 Å². The van der Waals surface area contributed by atoms with Gasteiger partial charge in [-0.3, -0.25) is 4.68 Å². The molecule has 0 N–H and O–H groups in total. The number of morpholine rings is 1. The van der Waals surface area contributed by atoms with E-state index >= 15 is 0 Å². The molecule has 2 fully saturated rings. The Morgan fingerprint density at radius 1 is 1.11 bits per heavy atom. The largest absolute Gasteiger partial charge is 0.367 e. The van der Waals surface area contributed by atoms with Gasteiger partial charge in [0.25, 0.3) is 0 Å². The number of halogens is 2. The molecule has 6 rings (SSSR count). The zero-order chi connectivity index (χ0) is 25.0. The minimum Gasteiger partial charge on any atom is -0.367 e. The van der Waals surface area contributed by atoms with Crippen LogP contribution in [0.25, 0.3) is 22.3 Å². The van der Waals surface area contributed by atoms with Crippen LogP contribution in [-0.2, 0) is 4.74 Å². The third-order valence-electron chi connectivity index (χ3n) is 6.63. The maximum Gasteiger partial charge on any atom is 0.228 e. The Morgan fingerprint density at radius 3 is 2.69 bits per heavy atom.